The highest BCUT2D eigenvalue weighted by Gasteiger charge is 2.21. The average Bonchev–Trinajstić information content (AvgIpc) is 3.71. The molecule has 0 N–H and O–H groups in total. The van der Waals surface area contributed by atoms with Gasteiger partial charge in [0.05, 0.1) is 22.4 Å². The van der Waals surface area contributed by atoms with Crippen molar-refractivity contribution in [3.8, 4) is 61.8 Å². The van der Waals surface area contributed by atoms with Gasteiger partial charge in [0.15, 0.2) is 5.82 Å². The number of pyridine rings is 1. The molecular weight excluding hydrogens is 789 g/mol. The minimum Gasteiger partial charge on any atom is -0.309 e. The predicted molar refractivity (Wildman–Crippen MR) is 271 cm³/mol. The van der Waals surface area contributed by atoms with E-state index in [0.29, 0.717) is 5.82 Å². The molecule has 0 saturated heterocycles. The lowest BCUT2D eigenvalue weighted by Gasteiger charge is -2.19. The van der Waals surface area contributed by atoms with Crippen LogP contribution in [0.25, 0.3) is 122 Å². The summed E-state index contributed by atoms with van der Waals surface area (Å²) in [6.07, 6.45) is 10.5. The lowest BCUT2D eigenvalue weighted by atomic mass is 9.85. The zero-order valence-corrected chi connectivity index (χ0v) is 35.5. The summed E-state index contributed by atoms with van der Waals surface area (Å²) in [5, 5.41) is 9.57. The largest absolute Gasteiger partial charge is 0.309 e. The maximum absolute atomic E-state index is 5.44. The van der Waals surface area contributed by atoms with Crippen LogP contribution in [0, 0.1) is 0 Å². The molecule has 304 valence electrons. The lowest BCUT2D eigenvalue weighted by Crippen LogP contribution is -2.00. The first-order chi connectivity index (χ1) is 32.2. The summed E-state index contributed by atoms with van der Waals surface area (Å²) < 4.78 is 2.34. The quantitative estimate of drug-likeness (QED) is 0.157. The standard InChI is InChI=1S/C61H40N4/c1-3-16-39(17-4-1)55-37-56(52-35-40-18-7-8-23-45(40)46-24-9-10-25-47(46)52)64-61(63-55)43-20-15-19-41(34-43)59-48-26-11-13-28-50(48)60(51-29-14-12-27-49(51)59)42-30-31-57-53(36-42)54-38-62-33-32-58(54)65(57)44-21-5-2-6-22-44/h1-6,8-17,19-38H,7,18H2. The van der Waals surface area contributed by atoms with Crippen LogP contribution >= 0.6 is 0 Å². The molecule has 0 aliphatic heterocycles. The molecule has 0 unspecified atom stereocenters. The monoisotopic (exact) mass is 828 g/mol. The second-order valence-electron chi connectivity index (χ2n) is 17.0. The number of aryl methyl sites for hydroxylation is 1. The van der Waals surface area contributed by atoms with Crippen LogP contribution in [-0.4, -0.2) is 19.5 Å². The number of aromatic nitrogens is 4. The third kappa shape index (κ3) is 6.10. The number of hydrogen-bond acceptors (Lipinski definition) is 3. The molecule has 0 fully saturated rings. The fourth-order valence-corrected chi connectivity index (χ4v) is 10.4. The van der Waals surface area contributed by atoms with Gasteiger partial charge in [-0.15, -0.1) is 0 Å². The molecule has 4 nitrogen and oxygen atoms in total. The van der Waals surface area contributed by atoms with Crippen LogP contribution in [0.3, 0.4) is 0 Å². The molecule has 13 rings (SSSR count). The second-order valence-corrected chi connectivity index (χ2v) is 17.0. The van der Waals surface area contributed by atoms with Crippen molar-refractivity contribution in [2.24, 2.45) is 0 Å². The molecule has 9 aromatic carbocycles. The van der Waals surface area contributed by atoms with Gasteiger partial charge in [0.1, 0.15) is 0 Å². The van der Waals surface area contributed by atoms with Crippen LogP contribution in [0.5, 0.6) is 0 Å². The van der Waals surface area contributed by atoms with Crippen LogP contribution in [0.4, 0.5) is 0 Å². The van der Waals surface area contributed by atoms with E-state index in [0.717, 1.165) is 68.6 Å². The van der Waals surface area contributed by atoms with Crippen molar-refractivity contribution in [3.63, 3.8) is 0 Å². The maximum atomic E-state index is 5.44. The van der Waals surface area contributed by atoms with Gasteiger partial charge >= 0.3 is 0 Å². The number of nitrogens with zero attached hydrogens (tertiary/aromatic N) is 4. The second kappa shape index (κ2) is 15.1. The number of hydrogen-bond donors (Lipinski definition) is 0. The number of allylic oxidation sites excluding steroid dienone is 1. The van der Waals surface area contributed by atoms with E-state index in [1.165, 1.54) is 65.5 Å². The van der Waals surface area contributed by atoms with Crippen molar-refractivity contribution >= 4 is 60.2 Å². The van der Waals surface area contributed by atoms with E-state index in [1.54, 1.807) is 0 Å². The van der Waals surface area contributed by atoms with Gasteiger partial charge in [0.2, 0.25) is 0 Å². The highest BCUT2D eigenvalue weighted by atomic mass is 15.0. The smallest absolute Gasteiger partial charge is 0.160 e. The van der Waals surface area contributed by atoms with E-state index in [2.05, 4.69) is 216 Å². The first-order valence-corrected chi connectivity index (χ1v) is 22.4. The van der Waals surface area contributed by atoms with Crippen molar-refractivity contribution in [2.75, 3.05) is 0 Å². The Kier molecular flexibility index (Phi) is 8.63. The fraction of sp³-hybridized carbons (Fsp3) is 0.0328. The SMILES string of the molecule is C1=Cc2c(cc(-c3cc(-c4ccccc4)nc(-c4cccc(-c5c6ccccc6c(-c6ccc7c(c6)c6cnccc6n7-c6ccccc6)c6ccccc56)c4)n3)c3ccccc23)CC1. The van der Waals surface area contributed by atoms with Gasteiger partial charge in [-0.25, -0.2) is 9.97 Å². The summed E-state index contributed by atoms with van der Waals surface area (Å²) in [6.45, 7) is 0. The minimum absolute atomic E-state index is 0.701. The highest BCUT2D eigenvalue weighted by molar-refractivity contribution is 6.22. The van der Waals surface area contributed by atoms with Gasteiger partial charge in [0.25, 0.3) is 0 Å². The van der Waals surface area contributed by atoms with Gasteiger partial charge < -0.3 is 4.57 Å². The third-order valence-electron chi connectivity index (χ3n) is 13.3. The summed E-state index contributed by atoms with van der Waals surface area (Å²) in [4.78, 5) is 15.4. The normalized spacial score (nSPS) is 12.4. The summed E-state index contributed by atoms with van der Waals surface area (Å²) in [7, 11) is 0. The van der Waals surface area contributed by atoms with E-state index in [9.17, 15) is 0 Å². The molecule has 0 bridgehead atoms. The number of para-hydroxylation sites is 1. The molecular formula is C61H40N4. The maximum Gasteiger partial charge on any atom is 0.160 e. The Morgan fingerprint density at radius 1 is 0.415 bits per heavy atom. The van der Waals surface area contributed by atoms with Gasteiger partial charge in [0, 0.05) is 45.5 Å². The number of rotatable bonds is 6. The zero-order chi connectivity index (χ0) is 42.8. The van der Waals surface area contributed by atoms with E-state index < -0.39 is 0 Å². The van der Waals surface area contributed by atoms with Gasteiger partial charge in [-0.2, -0.15) is 0 Å². The van der Waals surface area contributed by atoms with Crippen LogP contribution < -0.4 is 0 Å². The topological polar surface area (TPSA) is 43.6 Å². The first-order valence-electron chi connectivity index (χ1n) is 22.4. The average molecular weight is 829 g/mol. The molecule has 0 amide bonds. The van der Waals surface area contributed by atoms with Crippen molar-refractivity contribution in [2.45, 2.75) is 12.8 Å². The highest BCUT2D eigenvalue weighted by Crippen LogP contribution is 2.46. The zero-order valence-electron chi connectivity index (χ0n) is 35.5. The van der Waals surface area contributed by atoms with Crippen molar-refractivity contribution in [1.29, 1.82) is 0 Å². The summed E-state index contributed by atoms with van der Waals surface area (Å²) in [5.41, 5.74) is 15.8. The van der Waals surface area contributed by atoms with Crippen molar-refractivity contribution < 1.29 is 0 Å². The Balaban J connectivity index is 1.00. The minimum atomic E-state index is 0.701. The molecule has 4 heteroatoms. The molecule has 1 aliphatic rings. The Bertz CT molecular complexity index is 3830. The van der Waals surface area contributed by atoms with Gasteiger partial charge in [-0.3, -0.25) is 4.98 Å². The van der Waals surface area contributed by atoms with E-state index in [-0.39, 0.29) is 0 Å². The van der Waals surface area contributed by atoms with Crippen molar-refractivity contribution in [3.05, 3.63) is 224 Å². The Morgan fingerprint density at radius 3 is 1.75 bits per heavy atom. The lowest BCUT2D eigenvalue weighted by molar-refractivity contribution is 0.990. The van der Waals surface area contributed by atoms with Crippen LogP contribution in [0.2, 0.25) is 0 Å². The molecule has 3 heterocycles. The van der Waals surface area contributed by atoms with Gasteiger partial charge in [-0.05, 0) is 127 Å². The Labute approximate surface area is 376 Å². The van der Waals surface area contributed by atoms with Crippen LogP contribution in [0.1, 0.15) is 17.5 Å². The summed E-state index contributed by atoms with van der Waals surface area (Å²) in [5.74, 6) is 0.701. The molecule has 3 aromatic heterocycles. The van der Waals surface area contributed by atoms with Crippen LogP contribution in [0.15, 0.2) is 213 Å². The molecule has 0 atom stereocenters. The van der Waals surface area contributed by atoms with Crippen LogP contribution in [-0.2, 0) is 6.42 Å². The summed E-state index contributed by atoms with van der Waals surface area (Å²) >= 11 is 0. The van der Waals surface area contributed by atoms with E-state index >= 15 is 0 Å². The Hall–Kier alpha value is -8.47. The third-order valence-corrected chi connectivity index (χ3v) is 13.3. The molecule has 1 aliphatic carbocycles. The predicted octanol–water partition coefficient (Wildman–Crippen LogP) is 15.7. The molecule has 0 saturated carbocycles. The number of fused-ring (bicyclic) bond motifs is 8. The van der Waals surface area contributed by atoms with Gasteiger partial charge in [-0.1, -0.05) is 158 Å². The summed E-state index contributed by atoms with van der Waals surface area (Å²) in [6, 6.07) is 70.0. The molecule has 12 aromatic rings. The van der Waals surface area contributed by atoms with Crippen molar-refractivity contribution in [1.82, 2.24) is 19.5 Å². The molecule has 0 radical (unpaired) electrons. The van der Waals surface area contributed by atoms with E-state index in [1.807, 2.05) is 12.4 Å². The fourth-order valence-electron chi connectivity index (χ4n) is 10.4. The first kappa shape index (κ1) is 37.1. The molecule has 0 spiro atoms. The molecule has 65 heavy (non-hydrogen) atoms. The van der Waals surface area contributed by atoms with E-state index in [4.69, 9.17) is 9.97 Å². The number of benzene rings is 9. The Morgan fingerprint density at radius 2 is 1.02 bits per heavy atom.